The minimum atomic E-state index is -0.583. The Kier molecular flexibility index (Phi) is 7.37. The lowest BCUT2D eigenvalue weighted by Crippen LogP contribution is -2.41. The van der Waals surface area contributed by atoms with E-state index in [0.717, 1.165) is 5.56 Å². The van der Waals surface area contributed by atoms with Gasteiger partial charge in [-0.2, -0.15) is 0 Å². The number of carbonyl (C=O) groups is 3. The van der Waals surface area contributed by atoms with Crippen molar-refractivity contribution in [3.05, 3.63) is 59.9 Å². The number of nitrogens with one attached hydrogen (secondary N) is 1. The van der Waals surface area contributed by atoms with Crippen LogP contribution in [0.2, 0.25) is 0 Å². The molecule has 3 aliphatic rings. The van der Waals surface area contributed by atoms with E-state index in [4.69, 9.17) is 9.47 Å². The monoisotopic (exact) mass is 526 g/mol. The molecule has 2 N–H and O–H groups in total. The highest BCUT2D eigenvalue weighted by atomic mass is 19.1. The van der Waals surface area contributed by atoms with Crippen LogP contribution in [-0.4, -0.2) is 79.6 Å². The van der Waals surface area contributed by atoms with Gasteiger partial charge in [-0.25, -0.2) is 14.0 Å². The third-order valence-electron chi connectivity index (χ3n) is 7.33. The Hall–Kier alpha value is -3.86. The Morgan fingerprint density at radius 1 is 1.16 bits per heavy atom. The Morgan fingerprint density at radius 2 is 1.89 bits per heavy atom. The van der Waals surface area contributed by atoms with Crippen LogP contribution in [0.3, 0.4) is 0 Å². The molecular formula is C27H31FN4O6. The molecule has 1 aliphatic carbocycles. The molecule has 3 amide bonds. The fraction of sp³-hybridized carbons (Fsp3) is 0.444. The van der Waals surface area contributed by atoms with Gasteiger partial charge in [0, 0.05) is 44.4 Å². The summed E-state index contributed by atoms with van der Waals surface area (Å²) in [6.07, 6.45) is -1.54. The summed E-state index contributed by atoms with van der Waals surface area (Å²) in [5.41, 5.74) is 1.71. The lowest BCUT2D eigenvalue weighted by Gasteiger charge is -2.28. The summed E-state index contributed by atoms with van der Waals surface area (Å²) in [6.45, 7) is 3.12. The van der Waals surface area contributed by atoms with E-state index in [1.807, 2.05) is 35.2 Å². The molecule has 202 valence electrons. The summed E-state index contributed by atoms with van der Waals surface area (Å²) in [5.74, 6) is -0.349. The first kappa shape index (κ1) is 25.8. The fourth-order valence-corrected chi connectivity index (χ4v) is 5.44. The third kappa shape index (κ3) is 5.38. The summed E-state index contributed by atoms with van der Waals surface area (Å²) in [6, 6.07) is 14.0. The van der Waals surface area contributed by atoms with Crippen molar-refractivity contribution in [2.24, 2.45) is 11.8 Å². The van der Waals surface area contributed by atoms with E-state index in [2.05, 4.69) is 5.32 Å². The van der Waals surface area contributed by atoms with Crippen LogP contribution in [0.15, 0.2) is 48.5 Å². The molecule has 0 radical (unpaired) electrons. The van der Waals surface area contributed by atoms with Crippen LogP contribution in [0.5, 0.6) is 0 Å². The van der Waals surface area contributed by atoms with Crippen LogP contribution in [0.1, 0.15) is 12.5 Å². The zero-order chi connectivity index (χ0) is 26.8. The molecule has 2 heterocycles. The number of nitrogens with zero attached hydrogens (tertiary/aromatic N) is 3. The summed E-state index contributed by atoms with van der Waals surface area (Å²) >= 11 is 0. The molecule has 1 saturated carbocycles. The predicted octanol–water partition coefficient (Wildman–Crippen LogP) is 2.35. The average molecular weight is 527 g/mol. The topological polar surface area (TPSA) is 112 Å². The Labute approximate surface area is 219 Å². The zero-order valence-electron chi connectivity index (χ0n) is 21.1. The SMILES string of the molecule is CC(=O)NC[C@H]1CN(c2ccc(N3C[C@@H]4C(N(CCO)C(=O)OCc5ccccc5)[C@@H]4C3)c(F)c2)C(=O)O1. The van der Waals surface area contributed by atoms with Crippen LogP contribution < -0.4 is 15.1 Å². The van der Waals surface area contributed by atoms with Gasteiger partial charge in [0.05, 0.1) is 31.1 Å². The summed E-state index contributed by atoms with van der Waals surface area (Å²) < 4.78 is 25.9. The van der Waals surface area contributed by atoms with E-state index in [9.17, 15) is 19.5 Å². The minimum absolute atomic E-state index is 0.0519. The fourth-order valence-electron chi connectivity index (χ4n) is 5.44. The second-order valence-corrected chi connectivity index (χ2v) is 9.87. The van der Waals surface area contributed by atoms with Crippen molar-refractivity contribution in [2.45, 2.75) is 25.7 Å². The van der Waals surface area contributed by atoms with Crippen molar-refractivity contribution in [1.82, 2.24) is 10.2 Å². The molecule has 0 aromatic heterocycles. The normalized spacial score (nSPS) is 23.6. The number of rotatable bonds is 9. The first-order valence-electron chi connectivity index (χ1n) is 12.7. The number of aliphatic hydroxyl groups excluding tert-OH is 1. The largest absolute Gasteiger partial charge is 0.445 e. The van der Waals surface area contributed by atoms with Crippen molar-refractivity contribution in [1.29, 1.82) is 0 Å². The molecule has 11 heteroatoms. The lowest BCUT2D eigenvalue weighted by atomic mass is 10.2. The maximum absolute atomic E-state index is 15.1. The second-order valence-electron chi connectivity index (χ2n) is 9.87. The number of aliphatic hydroxyl groups is 1. The van der Waals surface area contributed by atoms with Crippen molar-refractivity contribution in [2.75, 3.05) is 49.1 Å². The van der Waals surface area contributed by atoms with Gasteiger partial charge in [-0.15, -0.1) is 0 Å². The molecule has 0 bridgehead atoms. The van der Waals surface area contributed by atoms with Crippen molar-refractivity contribution < 1.29 is 33.4 Å². The molecule has 2 aromatic rings. The quantitative estimate of drug-likeness (QED) is 0.516. The van der Waals surface area contributed by atoms with Crippen LogP contribution in [0.25, 0.3) is 0 Å². The van der Waals surface area contributed by atoms with Gasteiger partial charge in [-0.1, -0.05) is 30.3 Å². The van der Waals surface area contributed by atoms with E-state index in [-0.39, 0.29) is 56.6 Å². The molecule has 0 spiro atoms. The van der Waals surface area contributed by atoms with Crippen LogP contribution in [0.4, 0.5) is 25.4 Å². The Morgan fingerprint density at radius 3 is 2.55 bits per heavy atom. The average Bonchev–Trinajstić information content (AvgIpc) is 3.21. The van der Waals surface area contributed by atoms with E-state index >= 15 is 4.39 Å². The van der Waals surface area contributed by atoms with Gasteiger partial charge in [0.25, 0.3) is 0 Å². The first-order chi connectivity index (χ1) is 18.4. The molecule has 2 saturated heterocycles. The molecular weight excluding hydrogens is 495 g/mol. The van der Waals surface area contributed by atoms with Crippen molar-refractivity contribution in [3.8, 4) is 0 Å². The van der Waals surface area contributed by atoms with Gasteiger partial charge in [-0.3, -0.25) is 9.69 Å². The number of hydrogen-bond acceptors (Lipinski definition) is 7. The van der Waals surface area contributed by atoms with Gasteiger partial charge in [-0.05, 0) is 23.8 Å². The Bertz CT molecular complexity index is 1190. The van der Waals surface area contributed by atoms with Gasteiger partial charge >= 0.3 is 12.2 Å². The molecule has 5 rings (SSSR count). The smallest absolute Gasteiger partial charge is 0.414 e. The van der Waals surface area contributed by atoms with Gasteiger partial charge in [0.1, 0.15) is 18.5 Å². The summed E-state index contributed by atoms with van der Waals surface area (Å²) in [7, 11) is 0. The van der Waals surface area contributed by atoms with Crippen LogP contribution >= 0.6 is 0 Å². The number of hydrogen-bond donors (Lipinski definition) is 2. The third-order valence-corrected chi connectivity index (χ3v) is 7.33. The molecule has 2 aromatic carbocycles. The molecule has 38 heavy (non-hydrogen) atoms. The summed E-state index contributed by atoms with van der Waals surface area (Å²) in [4.78, 5) is 41.0. The second kappa shape index (κ2) is 10.9. The zero-order valence-corrected chi connectivity index (χ0v) is 21.1. The number of carbonyl (C=O) groups excluding carboxylic acids is 3. The number of cyclic esters (lactones) is 1. The molecule has 2 aliphatic heterocycles. The maximum atomic E-state index is 15.1. The Balaban J connectivity index is 1.17. The molecule has 1 unspecified atom stereocenters. The molecule has 10 nitrogen and oxygen atoms in total. The van der Waals surface area contributed by atoms with Gasteiger partial charge in [0.2, 0.25) is 5.91 Å². The highest BCUT2D eigenvalue weighted by molar-refractivity contribution is 5.90. The highest BCUT2D eigenvalue weighted by Crippen LogP contribution is 2.50. The highest BCUT2D eigenvalue weighted by Gasteiger charge is 2.60. The molecule has 4 atom stereocenters. The number of amides is 3. The number of benzene rings is 2. The number of anilines is 2. The maximum Gasteiger partial charge on any atom is 0.414 e. The van der Waals surface area contributed by atoms with Gasteiger partial charge < -0.3 is 29.7 Å². The minimum Gasteiger partial charge on any atom is -0.445 e. The van der Waals surface area contributed by atoms with E-state index in [0.29, 0.717) is 24.5 Å². The number of piperidine rings is 1. The van der Waals surface area contributed by atoms with E-state index in [1.54, 1.807) is 17.0 Å². The number of halogens is 1. The lowest BCUT2D eigenvalue weighted by molar-refractivity contribution is -0.119. The van der Waals surface area contributed by atoms with E-state index in [1.165, 1.54) is 17.9 Å². The standard InChI is InChI=1S/C27H31FN4O6/c1-17(34)29-12-20-13-32(27(36)38-20)19-7-8-24(23(28)11-19)30-14-21-22(15-30)25(21)31(9-10-33)26(35)37-16-18-5-3-2-4-6-18/h2-8,11,20-22,25,33H,9-10,12-16H2,1H3,(H,29,34)/t20-,21-,22+,25?/m0/s1. The number of fused-ring (bicyclic) bond motifs is 1. The van der Waals surface area contributed by atoms with Gasteiger partial charge in [0.15, 0.2) is 0 Å². The van der Waals surface area contributed by atoms with Crippen LogP contribution in [-0.2, 0) is 20.9 Å². The van der Waals surface area contributed by atoms with Crippen LogP contribution in [0, 0.1) is 17.7 Å². The molecule has 3 fully saturated rings. The predicted molar refractivity (Wildman–Crippen MR) is 136 cm³/mol. The van der Waals surface area contributed by atoms with Crippen molar-refractivity contribution >= 4 is 29.5 Å². The van der Waals surface area contributed by atoms with Crippen molar-refractivity contribution in [3.63, 3.8) is 0 Å². The first-order valence-corrected chi connectivity index (χ1v) is 12.7. The number of ether oxygens (including phenoxy) is 2. The van der Waals surface area contributed by atoms with E-state index < -0.39 is 24.1 Å². The summed E-state index contributed by atoms with van der Waals surface area (Å²) in [5, 5.41) is 12.1.